The number of anilines is 2. The summed E-state index contributed by atoms with van der Waals surface area (Å²) in [6.07, 6.45) is 1.81. The van der Waals surface area contributed by atoms with Crippen molar-refractivity contribution >= 4 is 34.8 Å². The minimum absolute atomic E-state index is 0.113. The highest BCUT2D eigenvalue weighted by Crippen LogP contribution is 2.35. The average molecular weight is 392 g/mol. The number of carbonyl (C=O) groups is 2. The SMILES string of the molecule is O=C1CC(C(=O)N(Cc2ccccn2)c2ccc(Cl)cc2)c2ccccc2N1. The highest BCUT2D eigenvalue weighted by atomic mass is 35.5. The van der Waals surface area contributed by atoms with E-state index in [0.29, 0.717) is 22.9 Å². The van der Waals surface area contributed by atoms with E-state index in [1.54, 1.807) is 35.4 Å². The molecule has 2 heterocycles. The minimum atomic E-state index is -0.552. The first-order valence-corrected chi connectivity index (χ1v) is 9.35. The molecule has 3 aromatic rings. The Labute approximate surface area is 168 Å². The minimum Gasteiger partial charge on any atom is -0.326 e. The van der Waals surface area contributed by atoms with Crippen molar-refractivity contribution < 1.29 is 9.59 Å². The highest BCUT2D eigenvalue weighted by Gasteiger charge is 2.34. The van der Waals surface area contributed by atoms with Crippen molar-refractivity contribution in [3.63, 3.8) is 0 Å². The third-order valence-electron chi connectivity index (χ3n) is 4.75. The summed E-state index contributed by atoms with van der Waals surface area (Å²) in [6.45, 7) is 0.307. The number of rotatable bonds is 4. The third-order valence-corrected chi connectivity index (χ3v) is 5.00. The van der Waals surface area contributed by atoms with Crippen LogP contribution < -0.4 is 10.2 Å². The maximum Gasteiger partial charge on any atom is 0.235 e. The van der Waals surface area contributed by atoms with Crippen LogP contribution in [0.5, 0.6) is 0 Å². The quantitative estimate of drug-likeness (QED) is 0.717. The second-order valence-electron chi connectivity index (χ2n) is 6.61. The summed E-state index contributed by atoms with van der Waals surface area (Å²) in [7, 11) is 0. The molecule has 1 unspecified atom stereocenters. The molecule has 2 amide bonds. The van der Waals surface area contributed by atoms with Gasteiger partial charge in [-0.1, -0.05) is 35.9 Å². The van der Waals surface area contributed by atoms with Gasteiger partial charge in [-0.2, -0.15) is 0 Å². The van der Waals surface area contributed by atoms with E-state index in [1.165, 1.54) is 0 Å². The molecule has 6 heteroatoms. The summed E-state index contributed by atoms with van der Waals surface area (Å²) >= 11 is 6.02. The molecule has 28 heavy (non-hydrogen) atoms. The molecule has 1 aliphatic heterocycles. The van der Waals surface area contributed by atoms with Crippen LogP contribution in [0.25, 0.3) is 0 Å². The van der Waals surface area contributed by atoms with E-state index in [4.69, 9.17) is 11.6 Å². The van der Waals surface area contributed by atoms with Gasteiger partial charge in [0.15, 0.2) is 0 Å². The number of hydrogen-bond acceptors (Lipinski definition) is 3. The van der Waals surface area contributed by atoms with E-state index >= 15 is 0 Å². The Morgan fingerprint density at radius 1 is 1.07 bits per heavy atom. The second kappa shape index (κ2) is 7.82. The van der Waals surface area contributed by atoms with Crippen LogP contribution in [0.2, 0.25) is 5.02 Å². The van der Waals surface area contributed by atoms with Gasteiger partial charge in [-0.05, 0) is 48.0 Å². The fourth-order valence-electron chi connectivity index (χ4n) is 3.39. The molecular formula is C22H18ClN3O2. The van der Waals surface area contributed by atoms with Crippen molar-refractivity contribution in [2.75, 3.05) is 10.2 Å². The zero-order chi connectivity index (χ0) is 19.5. The first-order valence-electron chi connectivity index (χ1n) is 8.97. The van der Waals surface area contributed by atoms with Gasteiger partial charge in [-0.25, -0.2) is 0 Å². The van der Waals surface area contributed by atoms with Crippen molar-refractivity contribution in [2.45, 2.75) is 18.9 Å². The lowest BCUT2D eigenvalue weighted by Gasteiger charge is -2.30. The molecule has 0 bridgehead atoms. The molecule has 0 fully saturated rings. The Balaban J connectivity index is 1.72. The summed E-state index contributed by atoms with van der Waals surface area (Å²) in [4.78, 5) is 31.8. The van der Waals surface area contributed by atoms with E-state index < -0.39 is 5.92 Å². The molecule has 0 saturated carbocycles. The van der Waals surface area contributed by atoms with Crippen LogP contribution in [-0.4, -0.2) is 16.8 Å². The molecule has 4 rings (SSSR count). The fourth-order valence-corrected chi connectivity index (χ4v) is 3.52. The van der Waals surface area contributed by atoms with Crippen LogP contribution >= 0.6 is 11.6 Å². The maximum absolute atomic E-state index is 13.6. The van der Waals surface area contributed by atoms with Crippen molar-refractivity contribution in [1.29, 1.82) is 0 Å². The number of aromatic nitrogens is 1. The van der Waals surface area contributed by atoms with Crippen LogP contribution in [-0.2, 0) is 16.1 Å². The van der Waals surface area contributed by atoms with Gasteiger partial charge >= 0.3 is 0 Å². The maximum atomic E-state index is 13.6. The van der Waals surface area contributed by atoms with Gasteiger partial charge < -0.3 is 10.2 Å². The zero-order valence-electron chi connectivity index (χ0n) is 15.0. The number of benzene rings is 2. The molecule has 0 spiro atoms. The predicted octanol–water partition coefficient (Wildman–Crippen LogP) is 4.39. The van der Waals surface area contributed by atoms with Crippen molar-refractivity contribution in [3.8, 4) is 0 Å². The summed E-state index contributed by atoms with van der Waals surface area (Å²) < 4.78 is 0. The van der Waals surface area contributed by atoms with Gasteiger partial charge in [0.25, 0.3) is 0 Å². The van der Waals surface area contributed by atoms with Crippen LogP contribution in [0.3, 0.4) is 0 Å². The zero-order valence-corrected chi connectivity index (χ0v) is 15.8. The Morgan fingerprint density at radius 3 is 2.57 bits per heavy atom. The number of nitrogens with zero attached hydrogens (tertiary/aromatic N) is 2. The Morgan fingerprint density at radius 2 is 1.82 bits per heavy atom. The second-order valence-corrected chi connectivity index (χ2v) is 7.05. The van der Waals surface area contributed by atoms with E-state index in [-0.39, 0.29) is 18.2 Å². The number of pyridine rings is 1. The summed E-state index contributed by atoms with van der Waals surface area (Å²) in [5.41, 5.74) is 2.99. The summed E-state index contributed by atoms with van der Waals surface area (Å²) in [5.74, 6) is -0.856. The van der Waals surface area contributed by atoms with Gasteiger partial charge in [-0.15, -0.1) is 0 Å². The molecule has 5 nitrogen and oxygen atoms in total. The van der Waals surface area contributed by atoms with Gasteiger partial charge in [0.1, 0.15) is 0 Å². The van der Waals surface area contributed by atoms with Gasteiger partial charge in [0.05, 0.1) is 18.2 Å². The topological polar surface area (TPSA) is 62.3 Å². The number of hydrogen-bond donors (Lipinski definition) is 1. The fraction of sp³-hybridized carbons (Fsp3) is 0.136. The summed E-state index contributed by atoms with van der Waals surface area (Å²) in [6, 6.07) is 20.1. The van der Waals surface area contributed by atoms with Crippen LogP contribution in [0.4, 0.5) is 11.4 Å². The van der Waals surface area contributed by atoms with Crippen LogP contribution in [0, 0.1) is 0 Å². The van der Waals surface area contributed by atoms with E-state index in [1.807, 2.05) is 42.5 Å². The monoisotopic (exact) mass is 391 g/mol. The number of amides is 2. The molecule has 1 aliphatic rings. The molecular weight excluding hydrogens is 374 g/mol. The van der Waals surface area contributed by atoms with E-state index in [2.05, 4.69) is 10.3 Å². The number of para-hydroxylation sites is 1. The lowest BCUT2D eigenvalue weighted by molar-refractivity contribution is -0.124. The highest BCUT2D eigenvalue weighted by molar-refractivity contribution is 6.30. The first-order chi connectivity index (χ1) is 13.6. The Bertz CT molecular complexity index is 1010. The lowest BCUT2D eigenvalue weighted by atomic mass is 9.89. The van der Waals surface area contributed by atoms with Crippen molar-refractivity contribution in [3.05, 3.63) is 89.2 Å². The van der Waals surface area contributed by atoms with Crippen molar-refractivity contribution in [2.24, 2.45) is 0 Å². The summed E-state index contributed by atoms with van der Waals surface area (Å²) in [5, 5.41) is 3.43. The number of fused-ring (bicyclic) bond motifs is 1. The molecule has 1 N–H and O–H groups in total. The number of carbonyl (C=O) groups excluding carboxylic acids is 2. The number of halogens is 1. The lowest BCUT2D eigenvalue weighted by Crippen LogP contribution is -2.38. The first kappa shape index (κ1) is 18.2. The van der Waals surface area contributed by atoms with Crippen LogP contribution in [0.15, 0.2) is 72.9 Å². The third kappa shape index (κ3) is 3.75. The van der Waals surface area contributed by atoms with E-state index in [9.17, 15) is 9.59 Å². The molecule has 2 aromatic carbocycles. The van der Waals surface area contributed by atoms with Crippen LogP contribution in [0.1, 0.15) is 23.6 Å². The standard InChI is InChI=1S/C22H18ClN3O2/c23-15-8-10-17(11-9-15)26(14-16-5-3-4-12-24-16)22(28)19-13-21(27)25-20-7-2-1-6-18(19)20/h1-12,19H,13-14H2,(H,25,27). The molecule has 0 saturated heterocycles. The molecule has 1 aromatic heterocycles. The van der Waals surface area contributed by atoms with Gasteiger partial charge in [-0.3, -0.25) is 14.6 Å². The largest absolute Gasteiger partial charge is 0.326 e. The Kier molecular flexibility index (Phi) is 5.08. The van der Waals surface area contributed by atoms with Gasteiger partial charge in [0.2, 0.25) is 11.8 Å². The van der Waals surface area contributed by atoms with E-state index in [0.717, 1.165) is 11.3 Å². The predicted molar refractivity (Wildman–Crippen MR) is 109 cm³/mol. The normalized spacial score (nSPS) is 15.5. The van der Waals surface area contributed by atoms with Gasteiger partial charge in [0, 0.05) is 29.0 Å². The smallest absolute Gasteiger partial charge is 0.235 e. The molecule has 1 atom stereocenters. The molecule has 0 radical (unpaired) electrons. The average Bonchev–Trinajstić information content (AvgIpc) is 2.72. The molecule has 0 aliphatic carbocycles. The van der Waals surface area contributed by atoms with Crippen molar-refractivity contribution in [1.82, 2.24) is 4.98 Å². The molecule has 140 valence electrons. The Hall–Kier alpha value is -3.18. The number of nitrogens with one attached hydrogen (secondary N) is 1.